The number of hydrogen-bond acceptors (Lipinski definition) is 8. The van der Waals surface area contributed by atoms with Crippen LogP contribution in [0.1, 0.15) is 24.2 Å². The van der Waals surface area contributed by atoms with Crippen LogP contribution in [0.2, 0.25) is 5.02 Å². The molecule has 0 N–H and O–H groups in total. The normalized spacial score (nSPS) is 13.8. The minimum Gasteiger partial charge on any atom is -0.494 e. The summed E-state index contributed by atoms with van der Waals surface area (Å²) in [6.45, 7) is 9.00. The summed E-state index contributed by atoms with van der Waals surface area (Å²) in [7, 11) is 1.60. The van der Waals surface area contributed by atoms with Gasteiger partial charge in [-0.05, 0) is 44.2 Å². The van der Waals surface area contributed by atoms with Gasteiger partial charge in [0.25, 0.3) is 5.91 Å². The van der Waals surface area contributed by atoms with Crippen molar-refractivity contribution in [2.45, 2.75) is 13.8 Å². The Bertz CT molecular complexity index is 1170. The zero-order chi connectivity index (χ0) is 24.8. The van der Waals surface area contributed by atoms with E-state index in [1.54, 1.807) is 42.3 Å². The molecule has 1 amide bonds. The van der Waals surface area contributed by atoms with Gasteiger partial charge in [0.2, 0.25) is 0 Å². The smallest absolute Gasteiger partial charge is 0.260 e. The lowest BCUT2D eigenvalue weighted by atomic mass is 10.1. The lowest BCUT2D eigenvalue weighted by molar-refractivity contribution is 0.0391. The van der Waals surface area contributed by atoms with Gasteiger partial charge in [0, 0.05) is 31.7 Å². The van der Waals surface area contributed by atoms with E-state index in [9.17, 15) is 4.79 Å². The van der Waals surface area contributed by atoms with E-state index in [0.29, 0.717) is 78.0 Å². The Balaban J connectivity index is 0.00000361. The maximum atomic E-state index is 13.8. The number of thiazole rings is 1. The van der Waals surface area contributed by atoms with E-state index in [-0.39, 0.29) is 18.3 Å². The SMILES string of the molecule is CCOc1ccc(C(=O)N(CCN2CCOCC2)c2nc3c(OC)ccc(Cl)c3s2)cc1OCC.Cl. The molecule has 1 fully saturated rings. The van der Waals surface area contributed by atoms with Gasteiger partial charge < -0.3 is 18.9 Å². The van der Waals surface area contributed by atoms with Crippen molar-refractivity contribution in [3.05, 3.63) is 40.9 Å². The number of anilines is 1. The number of aromatic nitrogens is 1. The standard InChI is InChI=1S/C25H30ClN3O5S.ClH/c1-4-33-19-8-6-17(16-21(19)34-5-2)24(30)29(11-10-28-12-14-32-15-13-28)25-27-22-20(31-3)9-7-18(26)23(22)35-25;/h6-9,16H,4-5,10-15H2,1-3H3;1H. The average molecular weight is 557 g/mol. The number of rotatable bonds is 10. The molecule has 196 valence electrons. The van der Waals surface area contributed by atoms with Gasteiger partial charge in [-0.3, -0.25) is 14.6 Å². The van der Waals surface area contributed by atoms with E-state index in [0.717, 1.165) is 17.8 Å². The second-order valence-electron chi connectivity index (χ2n) is 7.86. The molecular formula is C25H31Cl2N3O5S. The van der Waals surface area contributed by atoms with E-state index in [4.69, 9.17) is 35.5 Å². The molecule has 0 radical (unpaired) electrons. The van der Waals surface area contributed by atoms with Crippen molar-refractivity contribution >= 4 is 56.6 Å². The average Bonchev–Trinajstić information content (AvgIpc) is 3.32. The summed E-state index contributed by atoms with van der Waals surface area (Å²) in [5, 5.41) is 1.14. The van der Waals surface area contributed by atoms with Crippen LogP contribution in [0.5, 0.6) is 17.2 Å². The zero-order valence-electron chi connectivity index (χ0n) is 20.6. The Kier molecular flexibility index (Phi) is 10.4. The van der Waals surface area contributed by atoms with Gasteiger partial charge in [-0.25, -0.2) is 4.98 Å². The minimum atomic E-state index is -0.170. The van der Waals surface area contributed by atoms with Crippen LogP contribution < -0.4 is 19.1 Å². The van der Waals surface area contributed by atoms with Gasteiger partial charge in [-0.2, -0.15) is 0 Å². The number of nitrogens with zero attached hydrogens (tertiary/aromatic N) is 3. The summed E-state index contributed by atoms with van der Waals surface area (Å²) in [5.74, 6) is 1.60. The van der Waals surface area contributed by atoms with Crippen LogP contribution in [0.4, 0.5) is 5.13 Å². The molecule has 1 aliphatic rings. The van der Waals surface area contributed by atoms with Crippen molar-refractivity contribution < 1.29 is 23.7 Å². The van der Waals surface area contributed by atoms with E-state index < -0.39 is 0 Å². The van der Waals surface area contributed by atoms with E-state index in [1.807, 2.05) is 13.8 Å². The van der Waals surface area contributed by atoms with E-state index >= 15 is 0 Å². The molecular weight excluding hydrogens is 525 g/mol. The predicted octanol–water partition coefficient (Wildman–Crippen LogP) is 5.16. The molecule has 36 heavy (non-hydrogen) atoms. The van der Waals surface area contributed by atoms with Crippen LogP contribution in [0.25, 0.3) is 10.2 Å². The molecule has 2 aromatic carbocycles. The summed E-state index contributed by atoms with van der Waals surface area (Å²) in [5.41, 5.74) is 1.14. The number of halogens is 2. The molecule has 0 bridgehead atoms. The number of methoxy groups -OCH3 is 1. The summed E-state index contributed by atoms with van der Waals surface area (Å²) >= 11 is 7.84. The third kappa shape index (κ3) is 6.33. The maximum Gasteiger partial charge on any atom is 0.260 e. The molecule has 0 unspecified atom stereocenters. The Hall–Kier alpha value is -2.30. The molecule has 0 aliphatic carbocycles. The predicted molar refractivity (Wildman–Crippen MR) is 146 cm³/mol. The van der Waals surface area contributed by atoms with Crippen molar-refractivity contribution in [3.8, 4) is 17.2 Å². The van der Waals surface area contributed by atoms with Crippen molar-refractivity contribution in [1.82, 2.24) is 9.88 Å². The summed E-state index contributed by atoms with van der Waals surface area (Å²) < 4.78 is 23.2. The number of hydrogen-bond donors (Lipinski definition) is 0. The topological polar surface area (TPSA) is 73.4 Å². The minimum absolute atomic E-state index is 0. The largest absolute Gasteiger partial charge is 0.494 e. The fraction of sp³-hybridized carbons (Fsp3) is 0.440. The van der Waals surface area contributed by atoms with E-state index in [1.165, 1.54) is 11.3 Å². The Labute approximate surface area is 226 Å². The Morgan fingerprint density at radius 2 is 1.81 bits per heavy atom. The maximum absolute atomic E-state index is 13.8. The highest BCUT2D eigenvalue weighted by Gasteiger charge is 2.25. The molecule has 1 aromatic heterocycles. The number of benzene rings is 2. The van der Waals surface area contributed by atoms with Crippen molar-refractivity contribution in [1.29, 1.82) is 0 Å². The Morgan fingerprint density at radius 3 is 2.50 bits per heavy atom. The molecule has 1 aliphatic heterocycles. The van der Waals surface area contributed by atoms with Gasteiger partial charge in [0.1, 0.15) is 11.3 Å². The van der Waals surface area contributed by atoms with E-state index in [2.05, 4.69) is 4.90 Å². The zero-order valence-corrected chi connectivity index (χ0v) is 23.0. The van der Waals surface area contributed by atoms with Gasteiger partial charge in [-0.15, -0.1) is 12.4 Å². The first kappa shape index (κ1) is 28.3. The number of fused-ring (bicyclic) bond motifs is 1. The number of carbonyl (C=O) groups is 1. The second-order valence-corrected chi connectivity index (χ2v) is 9.25. The second kappa shape index (κ2) is 13.3. The molecule has 0 saturated carbocycles. The molecule has 4 rings (SSSR count). The highest BCUT2D eigenvalue weighted by Crippen LogP contribution is 2.39. The van der Waals surface area contributed by atoms with Gasteiger partial charge in [0.15, 0.2) is 16.6 Å². The highest BCUT2D eigenvalue weighted by atomic mass is 35.5. The molecule has 0 spiro atoms. The molecule has 2 heterocycles. The molecule has 8 nitrogen and oxygen atoms in total. The Morgan fingerprint density at radius 1 is 1.11 bits per heavy atom. The number of carbonyl (C=O) groups excluding carboxylic acids is 1. The summed E-state index contributed by atoms with van der Waals surface area (Å²) in [6, 6.07) is 8.85. The van der Waals surface area contributed by atoms with Crippen LogP contribution in [-0.4, -0.2) is 75.5 Å². The number of amides is 1. The fourth-order valence-electron chi connectivity index (χ4n) is 3.91. The van der Waals surface area contributed by atoms with Crippen LogP contribution >= 0.6 is 35.3 Å². The van der Waals surface area contributed by atoms with Crippen LogP contribution in [0, 0.1) is 0 Å². The fourth-order valence-corrected chi connectivity index (χ4v) is 5.19. The van der Waals surface area contributed by atoms with Crippen molar-refractivity contribution in [3.63, 3.8) is 0 Å². The van der Waals surface area contributed by atoms with Crippen LogP contribution in [0.15, 0.2) is 30.3 Å². The van der Waals surface area contributed by atoms with Gasteiger partial charge in [-0.1, -0.05) is 22.9 Å². The molecule has 11 heteroatoms. The van der Waals surface area contributed by atoms with Crippen LogP contribution in [0.3, 0.4) is 0 Å². The van der Waals surface area contributed by atoms with Crippen molar-refractivity contribution in [2.24, 2.45) is 0 Å². The quantitative estimate of drug-likeness (QED) is 0.342. The molecule has 3 aromatic rings. The number of morpholine rings is 1. The first-order chi connectivity index (χ1) is 17.0. The molecule has 0 atom stereocenters. The third-order valence-corrected chi connectivity index (χ3v) is 7.22. The van der Waals surface area contributed by atoms with Crippen LogP contribution in [-0.2, 0) is 4.74 Å². The monoisotopic (exact) mass is 555 g/mol. The third-order valence-electron chi connectivity index (χ3n) is 5.68. The van der Waals surface area contributed by atoms with Gasteiger partial charge in [0.05, 0.1) is 43.3 Å². The van der Waals surface area contributed by atoms with Crippen molar-refractivity contribution in [2.75, 3.05) is 64.6 Å². The molecule has 1 saturated heterocycles. The lowest BCUT2D eigenvalue weighted by Gasteiger charge is -2.29. The lowest BCUT2D eigenvalue weighted by Crippen LogP contribution is -2.43. The highest BCUT2D eigenvalue weighted by molar-refractivity contribution is 7.23. The summed E-state index contributed by atoms with van der Waals surface area (Å²) in [6.07, 6.45) is 0. The summed E-state index contributed by atoms with van der Waals surface area (Å²) in [4.78, 5) is 22.6. The number of ether oxygens (including phenoxy) is 4. The first-order valence-corrected chi connectivity index (χ1v) is 12.9. The first-order valence-electron chi connectivity index (χ1n) is 11.7. The van der Waals surface area contributed by atoms with Gasteiger partial charge >= 0.3 is 0 Å².